The van der Waals surface area contributed by atoms with Crippen LogP contribution in [0.3, 0.4) is 0 Å². The van der Waals surface area contributed by atoms with E-state index in [4.69, 9.17) is 5.73 Å². The van der Waals surface area contributed by atoms with Gasteiger partial charge in [0.05, 0.1) is 6.54 Å². The van der Waals surface area contributed by atoms with Gasteiger partial charge >= 0.3 is 0 Å². The number of anilines is 1. The molecule has 0 bridgehead atoms. The van der Waals surface area contributed by atoms with Crippen molar-refractivity contribution in [1.82, 2.24) is 4.90 Å². The summed E-state index contributed by atoms with van der Waals surface area (Å²) in [6.07, 6.45) is 0.939. The maximum absolute atomic E-state index is 12.4. The molecular weight excluding hydrogens is 322 g/mol. The van der Waals surface area contributed by atoms with Crippen LogP contribution in [-0.4, -0.2) is 36.5 Å². The average Bonchev–Trinajstić information content (AvgIpc) is 2.51. The molecular formula is C19H26ClN3O. The van der Waals surface area contributed by atoms with Gasteiger partial charge in [0.25, 0.3) is 0 Å². The van der Waals surface area contributed by atoms with E-state index >= 15 is 0 Å². The van der Waals surface area contributed by atoms with Crippen LogP contribution in [0.25, 0.3) is 10.8 Å². The molecule has 3 rings (SSSR count). The number of fused-ring (bicyclic) bond motifs is 1. The van der Waals surface area contributed by atoms with Crippen LogP contribution in [0.15, 0.2) is 42.5 Å². The first kappa shape index (κ1) is 18.7. The van der Waals surface area contributed by atoms with E-state index < -0.39 is 0 Å². The Balaban J connectivity index is 0.00000208. The zero-order chi connectivity index (χ0) is 16.4. The number of hydrogen-bond donors (Lipinski definition) is 2. The predicted molar refractivity (Wildman–Crippen MR) is 103 cm³/mol. The molecule has 1 aliphatic rings. The average molecular weight is 348 g/mol. The molecule has 4 nitrogen and oxygen atoms in total. The zero-order valence-electron chi connectivity index (χ0n) is 14.3. The molecule has 1 unspecified atom stereocenters. The minimum atomic E-state index is 0. The van der Waals surface area contributed by atoms with Crippen molar-refractivity contribution < 1.29 is 4.79 Å². The van der Waals surface area contributed by atoms with Gasteiger partial charge in [-0.15, -0.1) is 12.4 Å². The number of piperidine rings is 1. The number of likely N-dealkylation sites (tertiary alicyclic amines) is 1. The summed E-state index contributed by atoms with van der Waals surface area (Å²) >= 11 is 0. The summed E-state index contributed by atoms with van der Waals surface area (Å²) in [5.41, 5.74) is 7.09. The van der Waals surface area contributed by atoms with Gasteiger partial charge in [-0.25, -0.2) is 0 Å². The SMILES string of the molecule is CC1(C)CN(CC(=O)Nc2cccc3ccccc23)CCC1N.Cl. The third-order valence-corrected chi connectivity index (χ3v) is 4.82. The summed E-state index contributed by atoms with van der Waals surface area (Å²) in [5, 5.41) is 5.27. The number of nitrogens with zero attached hydrogens (tertiary/aromatic N) is 1. The number of hydrogen-bond acceptors (Lipinski definition) is 3. The molecule has 1 fully saturated rings. The lowest BCUT2D eigenvalue weighted by molar-refractivity contribution is -0.118. The fourth-order valence-electron chi connectivity index (χ4n) is 3.35. The fourth-order valence-corrected chi connectivity index (χ4v) is 3.35. The normalized spacial score (nSPS) is 20.4. The Labute approximate surface area is 149 Å². The molecule has 5 heteroatoms. The monoisotopic (exact) mass is 347 g/mol. The fraction of sp³-hybridized carbons (Fsp3) is 0.421. The lowest BCUT2D eigenvalue weighted by atomic mass is 9.80. The van der Waals surface area contributed by atoms with Gasteiger partial charge in [0.15, 0.2) is 0 Å². The van der Waals surface area contributed by atoms with Gasteiger partial charge in [0.2, 0.25) is 5.91 Å². The molecule has 1 saturated heterocycles. The van der Waals surface area contributed by atoms with E-state index in [0.29, 0.717) is 6.54 Å². The second kappa shape index (κ2) is 7.51. The first-order chi connectivity index (χ1) is 11.0. The van der Waals surface area contributed by atoms with Crippen LogP contribution in [0.4, 0.5) is 5.69 Å². The largest absolute Gasteiger partial charge is 0.327 e. The first-order valence-electron chi connectivity index (χ1n) is 8.21. The quantitative estimate of drug-likeness (QED) is 0.896. The van der Waals surface area contributed by atoms with Crippen LogP contribution in [0, 0.1) is 5.41 Å². The van der Waals surface area contributed by atoms with Gasteiger partial charge in [-0.2, -0.15) is 0 Å². The lowest BCUT2D eigenvalue weighted by Crippen LogP contribution is -2.53. The van der Waals surface area contributed by atoms with Crippen molar-refractivity contribution in [2.24, 2.45) is 11.1 Å². The molecule has 0 aromatic heterocycles. The maximum atomic E-state index is 12.4. The van der Waals surface area contributed by atoms with Gasteiger partial charge in [-0.05, 0) is 23.3 Å². The Morgan fingerprint density at radius 2 is 1.96 bits per heavy atom. The molecule has 0 saturated carbocycles. The van der Waals surface area contributed by atoms with Crippen LogP contribution in [-0.2, 0) is 4.79 Å². The van der Waals surface area contributed by atoms with Gasteiger partial charge in [0, 0.05) is 30.2 Å². The first-order valence-corrected chi connectivity index (χ1v) is 8.21. The molecule has 1 amide bonds. The number of carbonyl (C=O) groups is 1. The highest BCUT2D eigenvalue weighted by Gasteiger charge is 2.33. The molecule has 2 aromatic carbocycles. The molecule has 0 spiro atoms. The smallest absolute Gasteiger partial charge is 0.238 e. The Hall–Kier alpha value is -1.62. The highest BCUT2D eigenvalue weighted by atomic mass is 35.5. The van der Waals surface area contributed by atoms with Crippen molar-refractivity contribution in [3.63, 3.8) is 0 Å². The molecule has 1 atom stereocenters. The van der Waals surface area contributed by atoms with Gasteiger partial charge < -0.3 is 11.1 Å². The van der Waals surface area contributed by atoms with Crippen LogP contribution >= 0.6 is 12.4 Å². The summed E-state index contributed by atoms with van der Waals surface area (Å²) in [6.45, 7) is 6.50. The molecule has 1 aliphatic heterocycles. The Kier molecular flexibility index (Phi) is 5.86. The Morgan fingerprint density at radius 3 is 2.71 bits per heavy atom. The van der Waals surface area contributed by atoms with Crippen molar-refractivity contribution in [3.05, 3.63) is 42.5 Å². The van der Waals surface area contributed by atoms with E-state index in [-0.39, 0.29) is 29.8 Å². The van der Waals surface area contributed by atoms with Crippen molar-refractivity contribution in [3.8, 4) is 0 Å². The second-order valence-electron chi connectivity index (χ2n) is 7.17. The van der Waals surface area contributed by atoms with E-state index in [0.717, 1.165) is 36.0 Å². The van der Waals surface area contributed by atoms with Gasteiger partial charge in [0.1, 0.15) is 0 Å². The third-order valence-electron chi connectivity index (χ3n) is 4.82. The van der Waals surface area contributed by atoms with Crippen LogP contribution in [0.1, 0.15) is 20.3 Å². The van der Waals surface area contributed by atoms with Crippen LogP contribution in [0.5, 0.6) is 0 Å². The molecule has 24 heavy (non-hydrogen) atoms. The highest BCUT2D eigenvalue weighted by Crippen LogP contribution is 2.28. The standard InChI is InChI=1S/C19H25N3O.ClH/c1-19(2)13-22(11-10-17(19)20)12-18(23)21-16-9-5-7-14-6-3-4-8-15(14)16;/h3-9,17H,10-13,20H2,1-2H3,(H,21,23);1H. The van der Waals surface area contributed by atoms with Crippen molar-refractivity contribution in [2.45, 2.75) is 26.3 Å². The number of rotatable bonds is 3. The van der Waals surface area contributed by atoms with Gasteiger partial charge in [-0.3, -0.25) is 9.69 Å². The maximum Gasteiger partial charge on any atom is 0.238 e. The molecule has 0 aliphatic carbocycles. The van der Waals surface area contributed by atoms with E-state index in [2.05, 4.69) is 36.2 Å². The molecule has 3 N–H and O–H groups in total. The van der Waals surface area contributed by atoms with E-state index in [1.165, 1.54) is 0 Å². The number of benzene rings is 2. The van der Waals surface area contributed by atoms with Gasteiger partial charge in [-0.1, -0.05) is 50.2 Å². The molecule has 0 radical (unpaired) electrons. The summed E-state index contributed by atoms with van der Waals surface area (Å²) in [4.78, 5) is 14.6. The van der Waals surface area contributed by atoms with Crippen LogP contribution < -0.4 is 11.1 Å². The van der Waals surface area contributed by atoms with E-state index in [9.17, 15) is 4.79 Å². The molecule has 130 valence electrons. The summed E-state index contributed by atoms with van der Waals surface area (Å²) < 4.78 is 0. The number of carbonyl (C=O) groups excluding carboxylic acids is 1. The lowest BCUT2D eigenvalue weighted by Gasteiger charge is -2.42. The van der Waals surface area contributed by atoms with Crippen LogP contribution in [0.2, 0.25) is 0 Å². The Bertz CT molecular complexity index is 711. The topological polar surface area (TPSA) is 58.4 Å². The second-order valence-corrected chi connectivity index (χ2v) is 7.17. The zero-order valence-corrected chi connectivity index (χ0v) is 15.1. The van der Waals surface area contributed by atoms with E-state index in [1.54, 1.807) is 0 Å². The molecule has 1 heterocycles. The number of halogens is 1. The number of amides is 1. The third kappa shape index (κ3) is 4.07. The summed E-state index contributed by atoms with van der Waals surface area (Å²) in [5.74, 6) is 0.0348. The predicted octanol–water partition coefficient (Wildman–Crippen LogP) is 3.26. The summed E-state index contributed by atoms with van der Waals surface area (Å²) in [6, 6.07) is 14.3. The minimum Gasteiger partial charge on any atom is -0.327 e. The number of nitrogens with two attached hydrogens (primary N) is 1. The molecule has 2 aromatic rings. The Morgan fingerprint density at radius 1 is 1.25 bits per heavy atom. The number of nitrogens with one attached hydrogen (secondary N) is 1. The van der Waals surface area contributed by atoms with Crippen molar-refractivity contribution in [2.75, 3.05) is 25.0 Å². The minimum absolute atomic E-state index is 0. The highest BCUT2D eigenvalue weighted by molar-refractivity contribution is 6.02. The van der Waals surface area contributed by atoms with E-state index in [1.807, 2.05) is 30.3 Å². The van der Waals surface area contributed by atoms with Crippen molar-refractivity contribution >= 4 is 34.8 Å². The summed E-state index contributed by atoms with van der Waals surface area (Å²) in [7, 11) is 0. The van der Waals surface area contributed by atoms with Crippen molar-refractivity contribution in [1.29, 1.82) is 0 Å².